The number of carbonyl (C=O) groups excluding carboxylic acids is 2. The normalized spacial score (nSPS) is 14.4. The van der Waals surface area contributed by atoms with Crippen molar-refractivity contribution in [2.24, 2.45) is 0 Å². The van der Waals surface area contributed by atoms with Gasteiger partial charge in [-0.15, -0.1) is 0 Å². The Bertz CT molecular complexity index is 523. The largest absolute Gasteiger partial charge is 0.476 e. The van der Waals surface area contributed by atoms with E-state index in [-0.39, 0.29) is 24.4 Å². The first-order chi connectivity index (χ1) is 9.87. The Balaban J connectivity index is 1.83. The molecule has 21 heavy (non-hydrogen) atoms. The molecule has 0 unspecified atom stereocenters. The molecular weight excluding hydrogens is 277 g/mol. The zero-order valence-electron chi connectivity index (χ0n) is 12.0. The van der Waals surface area contributed by atoms with Gasteiger partial charge >= 0.3 is 5.97 Å². The van der Waals surface area contributed by atoms with E-state index < -0.39 is 11.6 Å². The minimum atomic E-state index is -1.27. The Morgan fingerprint density at radius 3 is 2.48 bits per heavy atom. The first-order valence-corrected chi connectivity index (χ1v) is 6.78. The second kappa shape index (κ2) is 6.11. The minimum absolute atomic E-state index is 0.222. The molecule has 114 valence electrons. The molecule has 5 nitrogen and oxygen atoms in total. The summed E-state index contributed by atoms with van der Waals surface area (Å²) in [5.41, 5.74) is -1.27. The molecule has 1 aromatic rings. The van der Waals surface area contributed by atoms with Crippen LogP contribution in [-0.2, 0) is 14.3 Å². The Hall–Kier alpha value is -2.11. The van der Waals surface area contributed by atoms with Crippen molar-refractivity contribution in [2.45, 2.75) is 38.3 Å². The van der Waals surface area contributed by atoms with Crippen molar-refractivity contribution in [3.05, 3.63) is 30.1 Å². The van der Waals surface area contributed by atoms with Crippen LogP contribution in [0.5, 0.6) is 5.75 Å². The van der Waals surface area contributed by atoms with Gasteiger partial charge in [0.1, 0.15) is 11.6 Å². The van der Waals surface area contributed by atoms with Crippen LogP contribution in [0.1, 0.15) is 26.7 Å². The van der Waals surface area contributed by atoms with Crippen molar-refractivity contribution in [3.63, 3.8) is 0 Å². The number of amides is 1. The van der Waals surface area contributed by atoms with E-state index in [0.717, 1.165) is 12.8 Å². The molecule has 0 radical (unpaired) electrons. The Morgan fingerprint density at radius 1 is 1.29 bits per heavy atom. The maximum absolute atomic E-state index is 12.8. The van der Waals surface area contributed by atoms with Gasteiger partial charge in [0.2, 0.25) is 0 Å². The van der Waals surface area contributed by atoms with Crippen LogP contribution in [0, 0.1) is 5.82 Å². The monoisotopic (exact) mass is 295 g/mol. The smallest absolute Gasteiger partial charge is 0.350 e. The fourth-order valence-electron chi connectivity index (χ4n) is 1.64. The summed E-state index contributed by atoms with van der Waals surface area (Å²) in [4.78, 5) is 23.4. The van der Waals surface area contributed by atoms with E-state index in [9.17, 15) is 14.0 Å². The van der Waals surface area contributed by atoms with E-state index in [0.29, 0.717) is 5.75 Å². The highest BCUT2D eigenvalue weighted by molar-refractivity contribution is 5.84. The van der Waals surface area contributed by atoms with Crippen molar-refractivity contribution in [1.29, 1.82) is 0 Å². The highest BCUT2D eigenvalue weighted by atomic mass is 19.1. The first kappa shape index (κ1) is 15.3. The molecular formula is C15H18FNO4. The third-order valence-electron chi connectivity index (χ3n) is 2.96. The van der Waals surface area contributed by atoms with Gasteiger partial charge in [0.25, 0.3) is 5.91 Å². The van der Waals surface area contributed by atoms with Crippen LogP contribution in [0.3, 0.4) is 0 Å². The minimum Gasteiger partial charge on any atom is -0.476 e. The number of halogens is 1. The number of carbonyl (C=O) groups is 2. The molecule has 2 rings (SSSR count). The van der Waals surface area contributed by atoms with Gasteiger partial charge in [-0.1, -0.05) is 0 Å². The highest BCUT2D eigenvalue weighted by Crippen LogP contribution is 2.20. The predicted octanol–water partition coefficient (Wildman–Crippen LogP) is 1.80. The summed E-state index contributed by atoms with van der Waals surface area (Å²) in [6.07, 6.45) is 1.94. The topological polar surface area (TPSA) is 64.6 Å². The average Bonchev–Trinajstić information content (AvgIpc) is 3.22. The number of nitrogens with one attached hydrogen (secondary N) is 1. The van der Waals surface area contributed by atoms with Gasteiger partial charge in [-0.3, -0.25) is 4.79 Å². The molecule has 0 bridgehead atoms. The van der Waals surface area contributed by atoms with Crippen LogP contribution < -0.4 is 10.1 Å². The summed E-state index contributed by atoms with van der Waals surface area (Å²) < 4.78 is 23.2. The predicted molar refractivity (Wildman–Crippen MR) is 73.2 cm³/mol. The third kappa shape index (κ3) is 4.73. The van der Waals surface area contributed by atoms with Gasteiger partial charge < -0.3 is 14.8 Å². The standard InChI is InChI=1S/C15H18FNO4/c1-15(2,21-12-7-3-10(16)4-8-12)14(19)20-9-13(18)17-11-5-6-11/h3-4,7-8,11H,5-6,9H2,1-2H3,(H,17,18). The second-order valence-corrected chi connectivity index (χ2v) is 5.48. The molecule has 0 aliphatic heterocycles. The van der Waals surface area contributed by atoms with Gasteiger partial charge in [-0.25, -0.2) is 9.18 Å². The van der Waals surface area contributed by atoms with E-state index in [1.54, 1.807) is 0 Å². The summed E-state index contributed by atoms with van der Waals surface area (Å²) >= 11 is 0. The zero-order valence-corrected chi connectivity index (χ0v) is 12.0. The molecule has 0 spiro atoms. The molecule has 1 N–H and O–H groups in total. The summed E-state index contributed by atoms with van der Waals surface area (Å²) in [5.74, 6) is -1.01. The number of rotatable bonds is 6. The van der Waals surface area contributed by atoms with E-state index in [4.69, 9.17) is 9.47 Å². The molecule has 1 aromatic carbocycles. The second-order valence-electron chi connectivity index (χ2n) is 5.48. The van der Waals surface area contributed by atoms with Crippen molar-refractivity contribution < 1.29 is 23.5 Å². The van der Waals surface area contributed by atoms with Crippen molar-refractivity contribution in [3.8, 4) is 5.75 Å². The average molecular weight is 295 g/mol. The molecule has 6 heteroatoms. The lowest BCUT2D eigenvalue weighted by Gasteiger charge is -2.24. The fraction of sp³-hybridized carbons (Fsp3) is 0.467. The molecule has 1 fully saturated rings. The molecule has 0 atom stereocenters. The van der Waals surface area contributed by atoms with Crippen LogP contribution in [0.25, 0.3) is 0 Å². The molecule has 0 heterocycles. The molecule has 1 aliphatic rings. The summed E-state index contributed by atoms with van der Waals surface area (Å²) in [6.45, 7) is 2.72. The lowest BCUT2D eigenvalue weighted by atomic mass is 10.1. The Morgan fingerprint density at radius 2 is 1.90 bits per heavy atom. The van der Waals surface area contributed by atoms with Crippen molar-refractivity contribution in [2.75, 3.05) is 6.61 Å². The Kier molecular flexibility index (Phi) is 4.45. The van der Waals surface area contributed by atoms with Crippen LogP contribution in [0.15, 0.2) is 24.3 Å². The molecule has 1 amide bonds. The number of hydrogen-bond donors (Lipinski definition) is 1. The quantitative estimate of drug-likeness (QED) is 0.813. The third-order valence-corrected chi connectivity index (χ3v) is 2.96. The Labute approximate surface area is 122 Å². The van der Waals surface area contributed by atoms with Crippen LogP contribution in [0.4, 0.5) is 4.39 Å². The van der Waals surface area contributed by atoms with E-state index in [1.165, 1.54) is 38.1 Å². The molecule has 0 aromatic heterocycles. The first-order valence-electron chi connectivity index (χ1n) is 6.78. The van der Waals surface area contributed by atoms with E-state index in [2.05, 4.69) is 5.32 Å². The number of hydrogen-bond acceptors (Lipinski definition) is 4. The molecule has 1 aliphatic carbocycles. The lowest BCUT2D eigenvalue weighted by Crippen LogP contribution is -2.41. The van der Waals surface area contributed by atoms with E-state index >= 15 is 0 Å². The van der Waals surface area contributed by atoms with Crippen LogP contribution in [-0.4, -0.2) is 30.1 Å². The zero-order chi connectivity index (χ0) is 15.5. The number of ether oxygens (including phenoxy) is 2. The lowest BCUT2D eigenvalue weighted by molar-refractivity contribution is -0.162. The maximum Gasteiger partial charge on any atom is 0.350 e. The summed E-state index contributed by atoms with van der Waals surface area (Å²) in [6, 6.07) is 5.54. The summed E-state index contributed by atoms with van der Waals surface area (Å²) in [7, 11) is 0. The number of benzene rings is 1. The van der Waals surface area contributed by atoms with E-state index in [1.807, 2.05) is 0 Å². The van der Waals surface area contributed by atoms with Crippen molar-refractivity contribution in [1.82, 2.24) is 5.32 Å². The van der Waals surface area contributed by atoms with Gasteiger partial charge in [0.05, 0.1) is 0 Å². The van der Waals surface area contributed by atoms with Gasteiger partial charge in [-0.05, 0) is 51.0 Å². The van der Waals surface area contributed by atoms with Gasteiger partial charge in [-0.2, -0.15) is 0 Å². The maximum atomic E-state index is 12.8. The summed E-state index contributed by atoms with van der Waals surface area (Å²) in [5, 5.41) is 2.72. The van der Waals surface area contributed by atoms with Gasteiger partial charge in [0, 0.05) is 6.04 Å². The highest BCUT2D eigenvalue weighted by Gasteiger charge is 2.33. The van der Waals surface area contributed by atoms with Crippen molar-refractivity contribution >= 4 is 11.9 Å². The SMILES string of the molecule is CC(C)(Oc1ccc(F)cc1)C(=O)OCC(=O)NC1CC1. The fourth-order valence-corrected chi connectivity index (χ4v) is 1.64. The molecule has 0 saturated heterocycles. The van der Waals surface area contributed by atoms with Crippen LogP contribution >= 0.6 is 0 Å². The number of esters is 1. The van der Waals surface area contributed by atoms with Gasteiger partial charge in [0.15, 0.2) is 12.2 Å². The molecule has 1 saturated carbocycles. The van der Waals surface area contributed by atoms with Crippen LogP contribution in [0.2, 0.25) is 0 Å².